The van der Waals surface area contributed by atoms with Crippen LogP contribution < -0.4 is 0 Å². The molecule has 0 saturated carbocycles. The third kappa shape index (κ3) is 8.96. The quantitative estimate of drug-likeness (QED) is 0.203. The Hall–Kier alpha value is -1.47. The van der Waals surface area contributed by atoms with Gasteiger partial charge in [-0.15, -0.1) is 0 Å². The number of alkyl halides is 12. The lowest BCUT2D eigenvalue weighted by molar-refractivity contribution is -0.315. The van der Waals surface area contributed by atoms with Crippen molar-refractivity contribution in [1.29, 1.82) is 0 Å². The van der Waals surface area contributed by atoms with Crippen LogP contribution in [-0.2, 0) is 19.1 Å². The molecule has 34 heavy (non-hydrogen) atoms. The van der Waals surface area contributed by atoms with Crippen LogP contribution >= 0.6 is 0 Å². The van der Waals surface area contributed by atoms with E-state index < -0.39 is 76.1 Å². The van der Waals surface area contributed by atoms with Crippen LogP contribution in [0.15, 0.2) is 0 Å². The van der Waals surface area contributed by atoms with Crippen LogP contribution in [0.3, 0.4) is 0 Å². The van der Waals surface area contributed by atoms with Gasteiger partial charge in [0.15, 0.2) is 0 Å². The molecule has 0 aromatic carbocycles. The molecule has 0 saturated heterocycles. The van der Waals surface area contributed by atoms with Crippen molar-refractivity contribution >= 4 is 28.1 Å². The zero-order valence-corrected chi connectivity index (χ0v) is 20.5. The average molecular weight is 562 g/mol. The van der Waals surface area contributed by atoms with Gasteiger partial charge in [-0.1, -0.05) is 39.3 Å². The van der Waals surface area contributed by atoms with Crippen molar-refractivity contribution in [3.63, 3.8) is 0 Å². The first-order valence-electron chi connectivity index (χ1n) is 9.20. The summed E-state index contributed by atoms with van der Waals surface area (Å²) < 4.78 is 161. The first kappa shape index (κ1) is 32.5. The van der Waals surface area contributed by atoms with Gasteiger partial charge >= 0.3 is 36.6 Å². The zero-order valence-electron chi connectivity index (χ0n) is 18.5. The van der Waals surface area contributed by atoms with Crippen LogP contribution in [0.1, 0.15) is 0 Å². The molecule has 0 radical (unpaired) electrons. The van der Waals surface area contributed by atoms with E-state index in [9.17, 15) is 62.3 Å². The number of carbonyl (C=O) groups is 2. The fraction of sp³-hybridized carbons (Fsp3) is 0.875. The number of ether oxygens (including phenoxy) is 2. The topological polar surface area (TPSA) is 52.6 Å². The second-order valence-corrected chi connectivity index (χ2v) is 20.2. The molecule has 0 aliphatic heterocycles. The van der Waals surface area contributed by atoms with Gasteiger partial charge in [0.1, 0.15) is 0 Å². The van der Waals surface area contributed by atoms with Gasteiger partial charge in [-0.2, -0.15) is 52.7 Å². The number of carbonyl (C=O) groups excluding carboxylic acids is 2. The van der Waals surface area contributed by atoms with Crippen molar-refractivity contribution in [3.05, 3.63) is 0 Å². The predicted octanol–water partition coefficient (Wildman–Crippen LogP) is 6.48. The minimum absolute atomic E-state index is 1.17. The molecule has 2 atom stereocenters. The Labute approximate surface area is 188 Å². The Morgan fingerprint density at radius 1 is 0.500 bits per heavy atom. The normalized spacial score (nSPS) is 16.5. The summed E-state index contributed by atoms with van der Waals surface area (Å²) >= 11 is 0. The van der Waals surface area contributed by atoms with E-state index in [1.54, 1.807) is 0 Å². The highest BCUT2D eigenvalue weighted by Gasteiger charge is 2.63. The molecule has 0 aliphatic carbocycles. The molecule has 18 heteroatoms. The highest BCUT2D eigenvalue weighted by atomic mass is 28.3. The summed E-state index contributed by atoms with van der Waals surface area (Å²) in [5.74, 6) is -4.45. The summed E-state index contributed by atoms with van der Waals surface area (Å²) in [5.41, 5.74) is -4.36. The number of hydrogen-bond acceptors (Lipinski definition) is 4. The van der Waals surface area contributed by atoms with Gasteiger partial charge in [0.2, 0.25) is 0 Å². The van der Waals surface area contributed by atoms with Crippen LogP contribution in [0.5, 0.6) is 0 Å². The number of rotatable bonds is 7. The summed E-state index contributed by atoms with van der Waals surface area (Å²) in [7, 11) is -6.90. The van der Waals surface area contributed by atoms with Gasteiger partial charge in [0.05, 0.1) is 27.2 Å². The highest BCUT2D eigenvalue weighted by Crippen LogP contribution is 2.46. The van der Waals surface area contributed by atoms with Crippen molar-refractivity contribution in [2.24, 2.45) is 0 Å². The smallest absolute Gasteiger partial charge is 0.434 e. The maximum Gasteiger partial charge on any atom is 0.434 e. The van der Waals surface area contributed by atoms with Gasteiger partial charge in [-0.25, -0.2) is 0 Å². The van der Waals surface area contributed by atoms with Crippen LogP contribution in [0.2, 0.25) is 50.4 Å². The van der Waals surface area contributed by atoms with Gasteiger partial charge in [0, 0.05) is 0 Å². The number of hydrogen-bond donors (Lipinski definition) is 0. The molecule has 2 unspecified atom stereocenters. The first-order chi connectivity index (χ1) is 14.5. The lowest BCUT2D eigenvalue weighted by atomic mass is 10.2. The number of halogens is 12. The summed E-state index contributed by atoms with van der Waals surface area (Å²) in [5, 5.41) is 0. The van der Waals surface area contributed by atoms with Gasteiger partial charge < -0.3 is 9.47 Å². The van der Waals surface area contributed by atoms with Crippen LogP contribution in [-0.4, -0.2) is 65.0 Å². The third-order valence-corrected chi connectivity index (χ3v) is 9.57. The molecule has 0 aromatic heterocycles. The number of esters is 2. The molecule has 202 valence electrons. The molecule has 0 bridgehead atoms. The van der Waals surface area contributed by atoms with Crippen molar-refractivity contribution in [3.8, 4) is 0 Å². The molecule has 0 aromatic rings. The summed E-state index contributed by atoms with van der Waals surface area (Å²) in [6.07, 6.45) is -33.8. The summed E-state index contributed by atoms with van der Waals surface area (Å²) in [6, 6.07) is 0. The highest BCUT2D eigenvalue weighted by molar-refractivity contribution is 6.87. The molecule has 0 aliphatic rings. The average Bonchev–Trinajstić information content (AvgIpc) is 2.47. The van der Waals surface area contributed by atoms with Gasteiger partial charge in [-0.05, 0) is 0 Å². The van der Waals surface area contributed by atoms with Gasteiger partial charge in [-0.3, -0.25) is 9.59 Å². The first-order valence-corrected chi connectivity index (χ1v) is 16.4. The molecule has 0 rings (SSSR count). The monoisotopic (exact) mass is 562 g/mol. The molecule has 4 nitrogen and oxygen atoms in total. The minimum atomic E-state index is -6.13. The molecule has 0 N–H and O–H groups in total. The van der Waals surface area contributed by atoms with E-state index in [0.29, 0.717) is 0 Å². The molecule has 0 heterocycles. The summed E-state index contributed by atoms with van der Waals surface area (Å²) in [6.45, 7) is 7.00. The SMILES string of the molecule is C[Si](C)(C)C(C(=O)OC(C(F)(F)F)C(F)(F)F)C(C(=O)OC(C(F)(F)F)C(F)(F)F)[Si](C)(C)C. The van der Waals surface area contributed by atoms with Crippen LogP contribution in [0, 0.1) is 0 Å². The van der Waals surface area contributed by atoms with E-state index in [1.807, 2.05) is 0 Å². The van der Waals surface area contributed by atoms with E-state index in [4.69, 9.17) is 0 Å². The predicted molar refractivity (Wildman–Crippen MR) is 98.2 cm³/mol. The van der Waals surface area contributed by atoms with Crippen molar-refractivity contribution in [1.82, 2.24) is 0 Å². The second kappa shape index (κ2) is 9.89. The van der Waals surface area contributed by atoms with Crippen LogP contribution in [0.4, 0.5) is 52.7 Å². The molecule has 0 amide bonds. The summed E-state index contributed by atoms with van der Waals surface area (Å²) in [4.78, 5) is 25.1. The minimum Gasteiger partial charge on any atom is -0.443 e. The zero-order chi connectivity index (χ0) is 27.9. The Balaban J connectivity index is 6.58. The van der Waals surface area contributed by atoms with E-state index in [1.165, 1.54) is 39.3 Å². The molecule has 0 spiro atoms. The second-order valence-electron chi connectivity index (χ2n) is 9.49. The van der Waals surface area contributed by atoms with Crippen molar-refractivity contribution < 1.29 is 71.7 Å². The maximum absolute atomic E-state index is 12.8. The fourth-order valence-electron chi connectivity index (χ4n) is 3.00. The van der Waals surface area contributed by atoms with Crippen molar-refractivity contribution in [2.45, 2.75) is 87.3 Å². The fourth-order valence-corrected chi connectivity index (χ4v) is 9.82. The van der Waals surface area contributed by atoms with E-state index in [0.717, 1.165) is 0 Å². The van der Waals surface area contributed by atoms with Crippen molar-refractivity contribution in [2.75, 3.05) is 0 Å². The Bertz CT molecular complexity index is 639. The van der Waals surface area contributed by atoms with E-state index in [-0.39, 0.29) is 0 Å². The lowest BCUT2D eigenvalue weighted by Gasteiger charge is -2.40. The largest absolute Gasteiger partial charge is 0.443 e. The Morgan fingerprint density at radius 3 is 0.794 bits per heavy atom. The van der Waals surface area contributed by atoms with Crippen LogP contribution in [0.25, 0.3) is 0 Å². The van der Waals surface area contributed by atoms with E-state index >= 15 is 0 Å². The Kier molecular flexibility index (Phi) is 9.46. The molecular weight excluding hydrogens is 540 g/mol. The van der Waals surface area contributed by atoms with E-state index in [2.05, 4.69) is 9.47 Å². The molecular formula is C16H22F12O4Si2. The maximum atomic E-state index is 12.8. The lowest BCUT2D eigenvalue weighted by Crippen LogP contribution is -2.53. The Morgan fingerprint density at radius 2 is 0.676 bits per heavy atom. The standard InChI is InChI=1S/C16H22F12O4Si2/c1-33(2,3)7(9(29)31-11(13(17,18)19)14(20,21)22)8(34(4,5)6)10(30)32-12(15(23,24)25)16(26,27)28/h7-8,11-12H,1-6H3. The third-order valence-electron chi connectivity index (χ3n) is 4.36. The molecule has 0 fully saturated rings. The van der Waals surface area contributed by atoms with Gasteiger partial charge in [0.25, 0.3) is 12.2 Å².